The summed E-state index contributed by atoms with van der Waals surface area (Å²) >= 11 is 0. The van der Waals surface area contributed by atoms with Crippen LogP contribution in [0, 0.1) is 5.92 Å². The van der Waals surface area contributed by atoms with Gasteiger partial charge >= 0.3 is 0 Å². The quantitative estimate of drug-likeness (QED) is 0.877. The highest BCUT2D eigenvalue weighted by atomic mass is 35.5. The maximum absolute atomic E-state index is 12.1. The topological polar surface area (TPSA) is 41.1 Å². The lowest BCUT2D eigenvalue weighted by Crippen LogP contribution is -2.36. The normalized spacial score (nSPS) is 19.4. The summed E-state index contributed by atoms with van der Waals surface area (Å²) in [5.41, 5.74) is 1.19. The van der Waals surface area contributed by atoms with Gasteiger partial charge in [0.05, 0.1) is 6.04 Å². The molecule has 0 aliphatic carbocycles. The van der Waals surface area contributed by atoms with Crippen LogP contribution in [0.3, 0.4) is 0 Å². The predicted octanol–water partition coefficient (Wildman–Crippen LogP) is 3.06. The van der Waals surface area contributed by atoms with E-state index in [0.717, 1.165) is 13.0 Å². The summed E-state index contributed by atoms with van der Waals surface area (Å²) in [7, 11) is 0. The van der Waals surface area contributed by atoms with Crippen molar-refractivity contribution in [3.8, 4) is 0 Å². The molecule has 20 heavy (non-hydrogen) atoms. The Bertz CT molecular complexity index is 402. The monoisotopic (exact) mass is 296 g/mol. The van der Waals surface area contributed by atoms with Crippen LogP contribution in [0.1, 0.15) is 44.7 Å². The molecule has 0 aromatic heterocycles. The smallest absolute Gasteiger partial charge is 0.222 e. The second kappa shape index (κ2) is 8.28. The molecule has 2 rings (SSSR count). The van der Waals surface area contributed by atoms with Gasteiger partial charge in [-0.25, -0.2) is 0 Å². The third kappa shape index (κ3) is 4.80. The van der Waals surface area contributed by atoms with Crippen LogP contribution in [0.15, 0.2) is 30.3 Å². The molecule has 0 spiro atoms. The Hall–Kier alpha value is -1.06. The minimum Gasteiger partial charge on any atom is -0.349 e. The van der Waals surface area contributed by atoms with Gasteiger partial charge in [0.15, 0.2) is 0 Å². The molecule has 2 unspecified atom stereocenters. The van der Waals surface area contributed by atoms with Crippen molar-refractivity contribution in [2.75, 3.05) is 6.54 Å². The van der Waals surface area contributed by atoms with Crippen molar-refractivity contribution in [1.82, 2.24) is 10.6 Å². The molecule has 1 aliphatic rings. The van der Waals surface area contributed by atoms with Crippen molar-refractivity contribution < 1.29 is 4.79 Å². The Morgan fingerprint density at radius 1 is 1.35 bits per heavy atom. The van der Waals surface area contributed by atoms with Gasteiger partial charge in [-0.1, -0.05) is 44.2 Å². The molecule has 0 bridgehead atoms. The van der Waals surface area contributed by atoms with Crippen LogP contribution in [0.5, 0.6) is 0 Å². The Kier molecular flexibility index (Phi) is 7.03. The lowest BCUT2D eigenvalue weighted by Gasteiger charge is -2.23. The molecule has 2 atom stereocenters. The van der Waals surface area contributed by atoms with E-state index in [1.807, 2.05) is 18.2 Å². The van der Waals surface area contributed by atoms with E-state index in [-0.39, 0.29) is 24.4 Å². The molecule has 1 amide bonds. The van der Waals surface area contributed by atoms with Crippen molar-refractivity contribution in [2.24, 2.45) is 5.92 Å². The van der Waals surface area contributed by atoms with Gasteiger partial charge in [-0.05, 0) is 30.9 Å². The molecule has 1 heterocycles. The highest BCUT2D eigenvalue weighted by Gasteiger charge is 2.22. The van der Waals surface area contributed by atoms with E-state index in [2.05, 4.69) is 36.6 Å². The van der Waals surface area contributed by atoms with Crippen LogP contribution in [0.2, 0.25) is 0 Å². The number of nitrogens with one attached hydrogen (secondary N) is 2. The van der Waals surface area contributed by atoms with Gasteiger partial charge in [0, 0.05) is 12.5 Å². The lowest BCUT2D eigenvalue weighted by molar-refractivity contribution is -0.122. The summed E-state index contributed by atoms with van der Waals surface area (Å²) in [5.74, 6) is 0.546. The van der Waals surface area contributed by atoms with Crippen LogP contribution in [-0.2, 0) is 4.79 Å². The van der Waals surface area contributed by atoms with Crippen molar-refractivity contribution >= 4 is 18.3 Å². The first-order valence-electron chi connectivity index (χ1n) is 7.24. The van der Waals surface area contributed by atoms with Gasteiger partial charge in [-0.2, -0.15) is 0 Å². The van der Waals surface area contributed by atoms with Gasteiger partial charge in [-0.15, -0.1) is 12.4 Å². The predicted molar refractivity (Wildman–Crippen MR) is 85.1 cm³/mol. The largest absolute Gasteiger partial charge is 0.349 e. The number of carbonyl (C=O) groups is 1. The fraction of sp³-hybridized carbons (Fsp3) is 0.562. The number of halogens is 1. The summed E-state index contributed by atoms with van der Waals surface area (Å²) in [5, 5.41) is 6.55. The summed E-state index contributed by atoms with van der Waals surface area (Å²) < 4.78 is 0. The molecule has 1 aliphatic heterocycles. The van der Waals surface area contributed by atoms with E-state index in [1.165, 1.54) is 12.0 Å². The number of hydrogen-bond donors (Lipinski definition) is 2. The van der Waals surface area contributed by atoms with Gasteiger partial charge in [0.2, 0.25) is 5.91 Å². The van der Waals surface area contributed by atoms with Crippen molar-refractivity contribution in [3.05, 3.63) is 35.9 Å². The highest BCUT2D eigenvalue weighted by molar-refractivity contribution is 5.85. The molecule has 1 aromatic carbocycles. The third-order valence-corrected chi connectivity index (χ3v) is 3.74. The third-order valence-electron chi connectivity index (χ3n) is 3.74. The lowest BCUT2D eigenvalue weighted by atomic mass is 9.95. The molecule has 112 valence electrons. The van der Waals surface area contributed by atoms with Gasteiger partial charge in [-0.3, -0.25) is 4.79 Å². The van der Waals surface area contributed by atoms with Crippen LogP contribution >= 0.6 is 12.4 Å². The first-order valence-corrected chi connectivity index (χ1v) is 7.24. The zero-order chi connectivity index (χ0) is 13.7. The number of carbonyl (C=O) groups excluding carboxylic acids is 1. The molecular weight excluding hydrogens is 272 g/mol. The Balaban J connectivity index is 0.00000200. The van der Waals surface area contributed by atoms with E-state index in [4.69, 9.17) is 0 Å². The molecule has 1 saturated heterocycles. The molecule has 0 saturated carbocycles. The standard InChI is InChI=1S/C16H24N2O.ClH/c1-12(2)16(13-7-4-3-5-8-13)18-15(19)11-14-9-6-10-17-14;/h3-5,7-8,12,14,16-17H,6,9-11H2,1-2H3,(H,18,19);1H. The second-order valence-corrected chi connectivity index (χ2v) is 5.70. The van der Waals surface area contributed by atoms with Crippen LogP contribution in [-0.4, -0.2) is 18.5 Å². The first kappa shape index (κ1) is 17.0. The molecule has 3 nitrogen and oxygen atoms in total. The highest BCUT2D eigenvalue weighted by Crippen LogP contribution is 2.21. The zero-order valence-corrected chi connectivity index (χ0v) is 13.1. The Morgan fingerprint density at radius 2 is 2.05 bits per heavy atom. The number of rotatable bonds is 5. The van der Waals surface area contributed by atoms with Crippen molar-refractivity contribution in [1.29, 1.82) is 0 Å². The molecule has 4 heteroatoms. The molecule has 1 aromatic rings. The summed E-state index contributed by atoms with van der Waals surface area (Å²) in [6.45, 7) is 5.34. The van der Waals surface area contributed by atoms with Crippen molar-refractivity contribution in [3.63, 3.8) is 0 Å². The van der Waals surface area contributed by atoms with Gasteiger partial charge in [0.1, 0.15) is 0 Å². The average molecular weight is 297 g/mol. The summed E-state index contributed by atoms with van der Waals surface area (Å²) in [6, 6.07) is 10.7. The Morgan fingerprint density at radius 3 is 2.60 bits per heavy atom. The molecule has 1 fully saturated rings. The fourth-order valence-electron chi connectivity index (χ4n) is 2.68. The first-order chi connectivity index (χ1) is 9.16. The number of hydrogen-bond acceptors (Lipinski definition) is 2. The van der Waals surface area contributed by atoms with Crippen LogP contribution < -0.4 is 10.6 Å². The minimum absolute atomic E-state index is 0. The average Bonchev–Trinajstić information content (AvgIpc) is 2.89. The van der Waals surface area contributed by atoms with Gasteiger partial charge in [0.25, 0.3) is 0 Å². The van der Waals surface area contributed by atoms with Crippen LogP contribution in [0.4, 0.5) is 0 Å². The van der Waals surface area contributed by atoms with Crippen molar-refractivity contribution in [2.45, 2.75) is 45.2 Å². The summed E-state index contributed by atoms with van der Waals surface area (Å²) in [4.78, 5) is 12.1. The molecule has 0 radical (unpaired) electrons. The van der Waals surface area contributed by atoms with E-state index >= 15 is 0 Å². The maximum atomic E-state index is 12.1. The number of benzene rings is 1. The SMILES string of the molecule is CC(C)C(NC(=O)CC1CCCN1)c1ccccc1.Cl. The summed E-state index contributed by atoms with van der Waals surface area (Å²) in [6.07, 6.45) is 2.89. The molecule has 2 N–H and O–H groups in total. The van der Waals surface area contributed by atoms with E-state index in [9.17, 15) is 4.79 Å². The molecular formula is C16H25ClN2O. The van der Waals surface area contributed by atoms with E-state index < -0.39 is 0 Å². The Labute approximate surface area is 127 Å². The van der Waals surface area contributed by atoms with Crippen LogP contribution in [0.25, 0.3) is 0 Å². The van der Waals surface area contributed by atoms with E-state index in [0.29, 0.717) is 18.4 Å². The minimum atomic E-state index is 0. The number of amides is 1. The fourth-order valence-corrected chi connectivity index (χ4v) is 2.68. The maximum Gasteiger partial charge on any atom is 0.222 e. The zero-order valence-electron chi connectivity index (χ0n) is 12.3. The van der Waals surface area contributed by atoms with E-state index in [1.54, 1.807) is 0 Å². The van der Waals surface area contributed by atoms with Gasteiger partial charge < -0.3 is 10.6 Å². The second-order valence-electron chi connectivity index (χ2n) is 5.70.